The molecule has 24 heavy (non-hydrogen) atoms. The van der Waals surface area contributed by atoms with Gasteiger partial charge in [-0.05, 0) is 36.5 Å². The fraction of sp³-hybridized carbons (Fsp3) is 0.647. The number of nitrogens with one attached hydrogen (secondary N) is 1. The van der Waals surface area contributed by atoms with Gasteiger partial charge in [0, 0.05) is 50.5 Å². The van der Waals surface area contributed by atoms with Crippen LogP contribution >= 0.6 is 11.6 Å². The van der Waals surface area contributed by atoms with E-state index in [1.54, 1.807) is 12.1 Å². The highest BCUT2D eigenvalue weighted by molar-refractivity contribution is 6.30. The van der Waals surface area contributed by atoms with Gasteiger partial charge >= 0.3 is 6.18 Å². The SMILES string of the molecule is FC(F)(F)c1cc(Cl)ccc1[C@H](C1CCOCC1)N1CCNCC1. The van der Waals surface area contributed by atoms with Crippen molar-refractivity contribution < 1.29 is 17.9 Å². The number of alkyl halides is 3. The molecular weight excluding hydrogens is 341 g/mol. The summed E-state index contributed by atoms with van der Waals surface area (Å²) < 4.78 is 46.2. The number of nitrogens with zero attached hydrogens (tertiary/aromatic N) is 1. The topological polar surface area (TPSA) is 24.5 Å². The van der Waals surface area contributed by atoms with Crippen molar-refractivity contribution in [2.75, 3.05) is 39.4 Å². The van der Waals surface area contributed by atoms with Crippen LogP contribution in [0.1, 0.15) is 30.0 Å². The molecule has 0 bridgehead atoms. The maximum Gasteiger partial charge on any atom is 0.416 e. The molecule has 1 atom stereocenters. The van der Waals surface area contributed by atoms with Crippen LogP contribution in [0.15, 0.2) is 18.2 Å². The Hall–Kier alpha value is -0.820. The predicted molar refractivity (Wildman–Crippen MR) is 87.2 cm³/mol. The van der Waals surface area contributed by atoms with Crippen LogP contribution in [0.3, 0.4) is 0 Å². The summed E-state index contributed by atoms with van der Waals surface area (Å²) in [5.74, 6) is 0.166. The number of benzene rings is 1. The minimum Gasteiger partial charge on any atom is -0.381 e. The van der Waals surface area contributed by atoms with Gasteiger partial charge in [-0.2, -0.15) is 13.2 Å². The lowest BCUT2D eigenvalue weighted by molar-refractivity contribution is -0.139. The van der Waals surface area contributed by atoms with Crippen molar-refractivity contribution in [3.8, 4) is 0 Å². The molecule has 0 amide bonds. The summed E-state index contributed by atoms with van der Waals surface area (Å²) in [4.78, 5) is 2.19. The van der Waals surface area contributed by atoms with E-state index >= 15 is 0 Å². The molecule has 7 heteroatoms. The maximum absolute atomic E-state index is 13.6. The Morgan fingerprint density at radius 2 is 1.83 bits per heavy atom. The Labute approximate surface area is 145 Å². The van der Waals surface area contributed by atoms with E-state index in [1.165, 1.54) is 0 Å². The molecule has 2 aliphatic rings. The number of halogens is 4. The Bertz CT molecular complexity index is 537. The molecule has 1 N–H and O–H groups in total. The molecular formula is C17H22ClF3N2O. The molecule has 0 saturated carbocycles. The van der Waals surface area contributed by atoms with E-state index in [9.17, 15) is 13.2 Å². The first kappa shape index (κ1) is 18.0. The van der Waals surface area contributed by atoms with E-state index in [0.717, 1.165) is 45.1 Å². The first-order chi connectivity index (χ1) is 11.5. The van der Waals surface area contributed by atoms with Crippen LogP contribution in [0.4, 0.5) is 13.2 Å². The molecule has 134 valence electrons. The lowest BCUT2D eigenvalue weighted by Crippen LogP contribution is -2.48. The molecule has 2 aliphatic heterocycles. The summed E-state index contributed by atoms with van der Waals surface area (Å²) >= 11 is 5.86. The largest absolute Gasteiger partial charge is 0.416 e. The first-order valence-electron chi connectivity index (χ1n) is 8.36. The van der Waals surface area contributed by atoms with Crippen molar-refractivity contribution in [1.82, 2.24) is 10.2 Å². The minimum atomic E-state index is -4.41. The average molecular weight is 363 g/mol. The molecule has 0 radical (unpaired) electrons. The summed E-state index contributed by atoms with van der Waals surface area (Å²) in [5.41, 5.74) is -0.259. The Morgan fingerprint density at radius 1 is 1.17 bits per heavy atom. The second-order valence-corrected chi connectivity index (χ2v) is 6.85. The van der Waals surface area contributed by atoms with Gasteiger partial charge < -0.3 is 10.1 Å². The van der Waals surface area contributed by atoms with Gasteiger partial charge in [-0.1, -0.05) is 17.7 Å². The summed E-state index contributed by atoms with van der Waals surface area (Å²) in [6, 6.07) is 3.95. The molecule has 1 aromatic carbocycles. The molecule has 0 unspecified atom stereocenters. The summed E-state index contributed by atoms with van der Waals surface area (Å²) in [5, 5.41) is 3.39. The maximum atomic E-state index is 13.6. The van der Waals surface area contributed by atoms with Crippen molar-refractivity contribution >= 4 is 11.6 Å². The number of rotatable bonds is 3. The van der Waals surface area contributed by atoms with Gasteiger partial charge in [0.1, 0.15) is 0 Å². The van der Waals surface area contributed by atoms with Gasteiger partial charge in [0.2, 0.25) is 0 Å². The van der Waals surface area contributed by atoms with Crippen LogP contribution in [-0.4, -0.2) is 44.3 Å². The monoisotopic (exact) mass is 362 g/mol. The molecule has 0 aromatic heterocycles. The Morgan fingerprint density at radius 3 is 2.46 bits per heavy atom. The minimum absolute atomic E-state index is 0.122. The van der Waals surface area contributed by atoms with E-state index in [1.807, 2.05) is 0 Å². The van der Waals surface area contributed by atoms with Crippen LogP contribution in [0.2, 0.25) is 5.02 Å². The Kier molecular flexibility index (Phi) is 5.70. The average Bonchev–Trinajstić information content (AvgIpc) is 2.57. The van der Waals surface area contributed by atoms with Crippen molar-refractivity contribution in [3.63, 3.8) is 0 Å². The second kappa shape index (κ2) is 7.60. The number of hydrogen-bond donors (Lipinski definition) is 1. The van der Waals surface area contributed by atoms with Crippen molar-refractivity contribution in [3.05, 3.63) is 34.3 Å². The molecule has 2 fully saturated rings. The zero-order valence-corrected chi connectivity index (χ0v) is 14.2. The molecule has 2 heterocycles. The van der Waals surface area contributed by atoms with Crippen LogP contribution in [0, 0.1) is 5.92 Å². The normalized spacial score (nSPS) is 22.5. The van der Waals surface area contributed by atoms with Crippen LogP contribution in [-0.2, 0) is 10.9 Å². The third-order valence-electron chi connectivity index (χ3n) is 4.90. The van der Waals surface area contributed by atoms with E-state index in [4.69, 9.17) is 16.3 Å². The lowest BCUT2D eigenvalue weighted by atomic mass is 9.83. The quantitative estimate of drug-likeness (QED) is 0.886. The highest BCUT2D eigenvalue weighted by Gasteiger charge is 2.39. The van der Waals surface area contributed by atoms with Gasteiger partial charge in [-0.25, -0.2) is 0 Å². The van der Waals surface area contributed by atoms with Gasteiger partial charge in [-0.3, -0.25) is 4.90 Å². The van der Waals surface area contributed by atoms with E-state index < -0.39 is 11.7 Å². The summed E-state index contributed by atoms with van der Waals surface area (Å²) in [7, 11) is 0. The zero-order valence-electron chi connectivity index (χ0n) is 13.4. The van der Waals surface area contributed by atoms with Gasteiger partial charge in [-0.15, -0.1) is 0 Å². The van der Waals surface area contributed by atoms with Crippen LogP contribution in [0.5, 0.6) is 0 Å². The predicted octanol–water partition coefficient (Wildman–Crippen LogP) is 3.73. The Balaban J connectivity index is 2.01. The van der Waals surface area contributed by atoms with Gasteiger partial charge in [0.05, 0.1) is 5.56 Å². The fourth-order valence-electron chi connectivity index (χ4n) is 3.77. The van der Waals surface area contributed by atoms with Gasteiger partial charge in [0.25, 0.3) is 0 Å². The van der Waals surface area contributed by atoms with Crippen LogP contribution < -0.4 is 5.32 Å². The molecule has 0 aliphatic carbocycles. The third kappa shape index (κ3) is 4.04. The zero-order chi connectivity index (χ0) is 17.2. The number of hydrogen-bond acceptors (Lipinski definition) is 3. The van der Waals surface area contributed by atoms with Crippen LogP contribution in [0.25, 0.3) is 0 Å². The summed E-state index contributed by atoms with van der Waals surface area (Å²) in [6.45, 7) is 4.33. The second-order valence-electron chi connectivity index (χ2n) is 6.41. The molecule has 0 spiro atoms. The summed E-state index contributed by atoms with van der Waals surface area (Å²) in [6.07, 6.45) is -2.83. The smallest absolute Gasteiger partial charge is 0.381 e. The number of piperazine rings is 1. The lowest BCUT2D eigenvalue weighted by Gasteiger charge is -2.42. The molecule has 3 rings (SSSR count). The molecule has 2 saturated heterocycles. The fourth-order valence-corrected chi connectivity index (χ4v) is 3.94. The van der Waals surface area contributed by atoms with Crippen molar-refractivity contribution in [1.29, 1.82) is 0 Å². The highest BCUT2D eigenvalue weighted by atomic mass is 35.5. The van der Waals surface area contributed by atoms with E-state index in [0.29, 0.717) is 18.8 Å². The van der Waals surface area contributed by atoms with E-state index in [2.05, 4.69) is 10.2 Å². The van der Waals surface area contributed by atoms with E-state index in [-0.39, 0.29) is 17.0 Å². The number of ether oxygens (including phenoxy) is 1. The molecule has 1 aromatic rings. The van der Waals surface area contributed by atoms with Crippen molar-refractivity contribution in [2.45, 2.75) is 25.1 Å². The van der Waals surface area contributed by atoms with Crippen molar-refractivity contribution in [2.24, 2.45) is 5.92 Å². The third-order valence-corrected chi connectivity index (χ3v) is 5.13. The van der Waals surface area contributed by atoms with Gasteiger partial charge in [0.15, 0.2) is 0 Å². The molecule has 3 nitrogen and oxygen atoms in total. The standard InChI is InChI=1S/C17H22ClF3N2O/c18-13-1-2-14(15(11-13)17(19,20)21)16(12-3-9-24-10-4-12)23-7-5-22-6-8-23/h1-2,11-12,16,22H,3-10H2/t16-/m0/s1. The highest BCUT2D eigenvalue weighted by Crippen LogP contribution is 2.42. The first-order valence-corrected chi connectivity index (χ1v) is 8.74.